The zero-order valence-corrected chi connectivity index (χ0v) is 10.1. The molecule has 0 aliphatic heterocycles. The van der Waals surface area contributed by atoms with Crippen molar-refractivity contribution in [2.45, 2.75) is 45.6 Å². The van der Waals surface area contributed by atoms with Crippen LogP contribution in [0.3, 0.4) is 0 Å². The number of rotatable bonds is 5. The molecule has 1 heterocycles. The molecule has 1 aromatic heterocycles. The summed E-state index contributed by atoms with van der Waals surface area (Å²) in [7, 11) is 0. The zero-order valence-electron chi connectivity index (χ0n) is 9.29. The topological polar surface area (TPSA) is 20.2 Å². The van der Waals surface area contributed by atoms with Crippen LogP contribution in [0.4, 0.5) is 0 Å². The monoisotopic (exact) mass is 212 g/mol. The highest BCUT2D eigenvalue weighted by atomic mass is 32.1. The van der Waals surface area contributed by atoms with E-state index in [1.807, 2.05) is 24.4 Å². The minimum absolute atomic E-state index is 0.622. The molecule has 2 heteroatoms. The fourth-order valence-corrected chi connectivity index (χ4v) is 2.38. The van der Waals surface area contributed by atoms with E-state index < -0.39 is 5.60 Å². The molecular weight excluding hydrogens is 192 g/mol. The van der Waals surface area contributed by atoms with Crippen LogP contribution in [0.1, 0.15) is 44.9 Å². The van der Waals surface area contributed by atoms with Gasteiger partial charge in [0.2, 0.25) is 0 Å². The first-order chi connectivity index (χ1) is 6.52. The highest BCUT2D eigenvalue weighted by Gasteiger charge is 2.23. The minimum atomic E-state index is -0.622. The van der Waals surface area contributed by atoms with Crippen molar-refractivity contribution in [3.8, 4) is 0 Å². The van der Waals surface area contributed by atoms with Gasteiger partial charge in [-0.05, 0) is 37.1 Å². The summed E-state index contributed by atoms with van der Waals surface area (Å²) < 4.78 is 0. The molecule has 0 aromatic carbocycles. The molecule has 1 rings (SSSR count). The summed E-state index contributed by atoms with van der Waals surface area (Å²) >= 11 is 1.64. The van der Waals surface area contributed by atoms with Gasteiger partial charge in [-0.15, -0.1) is 11.3 Å². The Hall–Kier alpha value is -0.340. The molecule has 0 aliphatic rings. The first-order valence-corrected chi connectivity index (χ1v) is 6.16. The van der Waals surface area contributed by atoms with Gasteiger partial charge < -0.3 is 5.11 Å². The average molecular weight is 212 g/mol. The fourth-order valence-electron chi connectivity index (χ4n) is 1.56. The van der Waals surface area contributed by atoms with E-state index in [9.17, 15) is 5.11 Å². The normalized spacial score (nSPS) is 15.8. The van der Waals surface area contributed by atoms with Crippen molar-refractivity contribution in [2.24, 2.45) is 5.92 Å². The van der Waals surface area contributed by atoms with E-state index in [4.69, 9.17) is 0 Å². The quantitative estimate of drug-likeness (QED) is 0.787. The molecule has 0 saturated heterocycles. The number of hydrogen-bond acceptors (Lipinski definition) is 2. The lowest BCUT2D eigenvalue weighted by molar-refractivity contribution is 0.0478. The first-order valence-electron chi connectivity index (χ1n) is 5.29. The Bertz CT molecular complexity index is 249. The average Bonchev–Trinajstić information content (AvgIpc) is 2.54. The SMILES string of the molecule is CC(C)CCCC(C)(O)c1cccs1. The van der Waals surface area contributed by atoms with E-state index in [0.29, 0.717) is 0 Å². The molecule has 0 amide bonds. The highest BCUT2D eigenvalue weighted by Crippen LogP contribution is 2.30. The van der Waals surface area contributed by atoms with Crippen LogP contribution < -0.4 is 0 Å². The largest absolute Gasteiger partial charge is 0.385 e. The molecule has 1 N–H and O–H groups in total. The summed E-state index contributed by atoms with van der Waals surface area (Å²) in [4.78, 5) is 1.08. The second kappa shape index (κ2) is 4.94. The van der Waals surface area contributed by atoms with Crippen LogP contribution in [0.5, 0.6) is 0 Å². The van der Waals surface area contributed by atoms with Crippen molar-refractivity contribution in [1.82, 2.24) is 0 Å². The number of thiophene rings is 1. The Morgan fingerprint density at radius 2 is 2.21 bits per heavy atom. The maximum Gasteiger partial charge on any atom is 0.0959 e. The van der Waals surface area contributed by atoms with Crippen molar-refractivity contribution >= 4 is 11.3 Å². The van der Waals surface area contributed by atoms with Crippen molar-refractivity contribution in [2.75, 3.05) is 0 Å². The molecule has 0 fully saturated rings. The Morgan fingerprint density at radius 1 is 1.50 bits per heavy atom. The Kier molecular flexibility index (Phi) is 4.14. The molecule has 80 valence electrons. The number of aliphatic hydroxyl groups is 1. The van der Waals surface area contributed by atoms with E-state index >= 15 is 0 Å². The van der Waals surface area contributed by atoms with Crippen LogP contribution in [0, 0.1) is 5.92 Å². The summed E-state index contributed by atoms with van der Waals surface area (Å²) in [5, 5.41) is 12.2. The molecule has 1 aromatic rings. The lowest BCUT2D eigenvalue weighted by Crippen LogP contribution is -2.19. The smallest absolute Gasteiger partial charge is 0.0959 e. The first kappa shape index (κ1) is 11.7. The van der Waals surface area contributed by atoms with Gasteiger partial charge in [0.1, 0.15) is 0 Å². The van der Waals surface area contributed by atoms with Crippen molar-refractivity contribution in [1.29, 1.82) is 0 Å². The van der Waals surface area contributed by atoms with Crippen molar-refractivity contribution in [3.63, 3.8) is 0 Å². The van der Waals surface area contributed by atoms with Crippen LogP contribution in [0.2, 0.25) is 0 Å². The van der Waals surface area contributed by atoms with Gasteiger partial charge in [-0.3, -0.25) is 0 Å². The summed E-state index contributed by atoms with van der Waals surface area (Å²) in [6.07, 6.45) is 3.16. The molecule has 0 radical (unpaired) electrons. The maximum absolute atomic E-state index is 10.2. The van der Waals surface area contributed by atoms with E-state index in [-0.39, 0.29) is 0 Å². The fraction of sp³-hybridized carbons (Fsp3) is 0.667. The van der Waals surface area contributed by atoms with E-state index in [1.54, 1.807) is 11.3 Å². The molecule has 1 unspecified atom stereocenters. The Balaban J connectivity index is 2.42. The molecule has 14 heavy (non-hydrogen) atoms. The van der Waals surface area contributed by atoms with Crippen molar-refractivity contribution < 1.29 is 5.11 Å². The number of hydrogen-bond donors (Lipinski definition) is 1. The summed E-state index contributed by atoms with van der Waals surface area (Å²) in [6.45, 7) is 6.36. The summed E-state index contributed by atoms with van der Waals surface area (Å²) in [6, 6.07) is 4.01. The van der Waals surface area contributed by atoms with Crippen LogP contribution in [0.25, 0.3) is 0 Å². The van der Waals surface area contributed by atoms with Gasteiger partial charge in [-0.25, -0.2) is 0 Å². The van der Waals surface area contributed by atoms with E-state index in [1.165, 1.54) is 6.42 Å². The van der Waals surface area contributed by atoms with Crippen LogP contribution in [0.15, 0.2) is 17.5 Å². The Labute approximate surface area is 90.8 Å². The molecule has 1 atom stereocenters. The molecule has 1 nitrogen and oxygen atoms in total. The molecule has 0 spiro atoms. The predicted molar refractivity (Wildman–Crippen MR) is 62.6 cm³/mol. The lowest BCUT2D eigenvalue weighted by Gasteiger charge is -2.22. The maximum atomic E-state index is 10.2. The van der Waals surface area contributed by atoms with E-state index in [0.717, 1.165) is 23.6 Å². The Morgan fingerprint density at radius 3 is 2.71 bits per heavy atom. The molecule has 0 bridgehead atoms. The van der Waals surface area contributed by atoms with Crippen molar-refractivity contribution in [3.05, 3.63) is 22.4 Å². The summed E-state index contributed by atoms with van der Waals surface area (Å²) in [5.41, 5.74) is -0.622. The second-order valence-corrected chi connectivity index (χ2v) is 5.48. The summed E-state index contributed by atoms with van der Waals surface area (Å²) in [5.74, 6) is 0.731. The lowest BCUT2D eigenvalue weighted by atomic mass is 9.95. The zero-order chi connectivity index (χ0) is 10.6. The standard InChI is InChI=1S/C12H20OS/c1-10(2)6-4-8-12(3,13)11-7-5-9-14-11/h5,7,9-10,13H,4,6,8H2,1-3H3. The van der Waals surface area contributed by atoms with Crippen LogP contribution in [-0.2, 0) is 5.60 Å². The van der Waals surface area contributed by atoms with E-state index in [2.05, 4.69) is 13.8 Å². The van der Waals surface area contributed by atoms with Gasteiger partial charge in [0.05, 0.1) is 5.60 Å². The van der Waals surface area contributed by atoms with Gasteiger partial charge >= 0.3 is 0 Å². The third kappa shape index (κ3) is 3.43. The van der Waals surface area contributed by atoms with Gasteiger partial charge in [-0.2, -0.15) is 0 Å². The van der Waals surface area contributed by atoms with Gasteiger partial charge in [0, 0.05) is 4.88 Å². The molecular formula is C12H20OS. The predicted octanol–water partition coefficient (Wildman–Crippen LogP) is 3.78. The molecule has 0 saturated carbocycles. The second-order valence-electron chi connectivity index (χ2n) is 4.54. The van der Waals surface area contributed by atoms with Gasteiger partial charge in [0.15, 0.2) is 0 Å². The van der Waals surface area contributed by atoms with Gasteiger partial charge in [0.25, 0.3) is 0 Å². The highest BCUT2D eigenvalue weighted by molar-refractivity contribution is 7.10. The van der Waals surface area contributed by atoms with Crippen LogP contribution >= 0.6 is 11.3 Å². The third-order valence-electron chi connectivity index (χ3n) is 2.50. The minimum Gasteiger partial charge on any atom is -0.385 e. The third-order valence-corrected chi connectivity index (χ3v) is 3.62. The van der Waals surface area contributed by atoms with Crippen LogP contribution in [-0.4, -0.2) is 5.11 Å². The van der Waals surface area contributed by atoms with Gasteiger partial charge in [-0.1, -0.05) is 26.3 Å². The molecule has 0 aliphatic carbocycles.